The van der Waals surface area contributed by atoms with E-state index in [4.69, 9.17) is 4.99 Å². The van der Waals surface area contributed by atoms with Gasteiger partial charge >= 0.3 is 0 Å². The van der Waals surface area contributed by atoms with Crippen molar-refractivity contribution in [3.05, 3.63) is 52.2 Å². The number of nitrogens with one attached hydrogen (secondary N) is 2. The molecule has 28 heavy (non-hydrogen) atoms. The highest BCUT2D eigenvalue weighted by molar-refractivity contribution is 14.0. The van der Waals surface area contributed by atoms with E-state index in [0.29, 0.717) is 12.5 Å². The number of hydrogen-bond acceptors (Lipinski definition) is 4. The number of benzene rings is 1. The molecular formula is C21H31IN4S2. The van der Waals surface area contributed by atoms with Crippen LogP contribution < -0.4 is 15.5 Å². The number of nitrogens with zero attached hydrogens (tertiary/aromatic N) is 2. The number of hydrogen-bond donors (Lipinski definition) is 2. The summed E-state index contributed by atoms with van der Waals surface area (Å²) in [5, 5.41) is 8.96. The van der Waals surface area contributed by atoms with Crippen molar-refractivity contribution < 1.29 is 0 Å². The lowest BCUT2D eigenvalue weighted by Gasteiger charge is -2.28. The normalized spacial score (nSPS) is 15.6. The van der Waals surface area contributed by atoms with Crippen LogP contribution in [0.3, 0.4) is 0 Å². The van der Waals surface area contributed by atoms with Crippen LogP contribution in [-0.2, 0) is 6.54 Å². The number of thiophene rings is 1. The first kappa shape index (κ1) is 23.3. The van der Waals surface area contributed by atoms with Crippen LogP contribution in [-0.4, -0.2) is 43.6 Å². The largest absolute Gasteiger partial charge is 0.370 e. The molecule has 1 aliphatic heterocycles. The molecule has 1 unspecified atom stereocenters. The first-order chi connectivity index (χ1) is 13.3. The van der Waals surface area contributed by atoms with Crippen molar-refractivity contribution in [2.24, 2.45) is 4.99 Å². The predicted molar refractivity (Wildman–Crippen MR) is 137 cm³/mol. The fourth-order valence-corrected chi connectivity index (χ4v) is 4.76. The molecule has 4 nitrogen and oxygen atoms in total. The zero-order valence-electron chi connectivity index (χ0n) is 16.7. The second-order valence-corrected chi connectivity index (χ2v) is 8.96. The summed E-state index contributed by atoms with van der Waals surface area (Å²) in [6.45, 7) is 9.10. The molecule has 0 radical (unpaired) electrons. The maximum Gasteiger partial charge on any atom is 0.191 e. The van der Waals surface area contributed by atoms with E-state index in [9.17, 15) is 0 Å². The number of anilines is 1. The number of guanidine groups is 1. The Morgan fingerprint density at radius 1 is 1.14 bits per heavy atom. The van der Waals surface area contributed by atoms with Gasteiger partial charge in [0.2, 0.25) is 0 Å². The molecule has 2 N–H and O–H groups in total. The molecule has 1 aromatic heterocycles. The van der Waals surface area contributed by atoms with Crippen LogP contribution in [0.15, 0.2) is 46.8 Å². The Hall–Kier alpha value is -0.930. The molecular weight excluding hydrogens is 499 g/mol. The van der Waals surface area contributed by atoms with Gasteiger partial charge in [0.1, 0.15) is 0 Å². The Morgan fingerprint density at radius 3 is 2.54 bits per heavy atom. The second-order valence-electron chi connectivity index (χ2n) is 6.76. The topological polar surface area (TPSA) is 39.7 Å². The zero-order chi connectivity index (χ0) is 18.9. The summed E-state index contributed by atoms with van der Waals surface area (Å²) < 4.78 is 0. The third kappa shape index (κ3) is 7.15. The first-order valence-corrected chi connectivity index (χ1v) is 11.8. The van der Waals surface area contributed by atoms with Gasteiger partial charge in [0.05, 0.1) is 6.54 Å². The minimum Gasteiger partial charge on any atom is -0.370 e. The maximum absolute atomic E-state index is 4.76. The van der Waals surface area contributed by atoms with E-state index in [1.807, 2.05) is 23.1 Å². The maximum atomic E-state index is 4.76. The quantitative estimate of drug-likeness (QED) is 0.307. The van der Waals surface area contributed by atoms with E-state index in [2.05, 4.69) is 71.2 Å². The van der Waals surface area contributed by atoms with Crippen molar-refractivity contribution in [1.29, 1.82) is 0 Å². The average Bonchev–Trinajstić information content (AvgIpc) is 3.26. The molecule has 2 heterocycles. The highest BCUT2D eigenvalue weighted by Gasteiger charge is 2.11. The van der Waals surface area contributed by atoms with E-state index in [-0.39, 0.29) is 24.0 Å². The standard InChI is InChI=1S/C21H30N4S2.HI/c1-3-22-21(23-15-17(2)20-5-4-12-27-20)24-16-18-6-8-19(9-7-18)25-10-13-26-14-11-25;/h4-9,12,17H,3,10-11,13-16H2,1-2H3,(H2,22,23,24);1H. The lowest BCUT2D eigenvalue weighted by atomic mass is 10.1. The Balaban J connectivity index is 0.00000280. The van der Waals surface area contributed by atoms with Crippen LogP contribution in [0.4, 0.5) is 5.69 Å². The Morgan fingerprint density at radius 2 is 1.89 bits per heavy atom. The van der Waals surface area contributed by atoms with E-state index in [1.54, 1.807) is 0 Å². The van der Waals surface area contributed by atoms with Crippen molar-refractivity contribution >= 4 is 58.7 Å². The molecule has 154 valence electrons. The van der Waals surface area contributed by atoms with Crippen molar-refractivity contribution in [2.45, 2.75) is 26.3 Å². The summed E-state index contributed by atoms with van der Waals surface area (Å²) in [6.07, 6.45) is 0. The number of thioether (sulfide) groups is 1. The van der Waals surface area contributed by atoms with Crippen LogP contribution in [0.1, 0.15) is 30.2 Å². The summed E-state index contributed by atoms with van der Waals surface area (Å²) in [5.41, 5.74) is 2.58. The second kappa shape index (κ2) is 12.6. The molecule has 0 saturated carbocycles. The fourth-order valence-electron chi connectivity index (χ4n) is 3.07. The van der Waals surface area contributed by atoms with Crippen molar-refractivity contribution in [2.75, 3.05) is 42.6 Å². The third-order valence-corrected chi connectivity index (χ3v) is 6.73. The lowest BCUT2D eigenvalue weighted by molar-refractivity contribution is 0.709. The molecule has 7 heteroatoms. The predicted octanol–water partition coefficient (Wildman–Crippen LogP) is 4.78. The monoisotopic (exact) mass is 530 g/mol. The lowest BCUT2D eigenvalue weighted by Crippen LogP contribution is -2.39. The summed E-state index contributed by atoms with van der Waals surface area (Å²) >= 11 is 3.86. The van der Waals surface area contributed by atoms with Gasteiger partial charge in [0.15, 0.2) is 5.96 Å². The number of aliphatic imine (C=N–C) groups is 1. The summed E-state index contributed by atoms with van der Waals surface area (Å²) in [7, 11) is 0. The summed E-state index contributed by atoms with van der Waals surface area (Å²) in [4.78, 5) is 8.64. The number of halogens is 1. The SMILES string of the molecule is CCNC(=NCc1ccc(N2CCSCC2)cc1)NCC(C)c1cccs1.I. The average molecular weight is 531 g/mol. The van der Waals surface area contributed by atoms with Crippen LogP contribution in [0.25, 0.3) is 0 Å². The molecule has 1 aliphatic rings. The smallest absolute Gasteiger partial charge is 0.191 e. The Labute approximate surface area is 194 Å². The fraction of sp³-hybridized carbons (Fsp3) is 0.476. The van der Waals surface area contributed by atoms with Crippen LogP contribution in [0.2, 0.25) is 0 Å². The first-order valence-electron chi connectivity index (χ1n) is 9.73. The summed E-state index contributed by atoms with van der Waals surface area (Å²) in [5.74, 6) is 3.83. The van der Waals surface area contributed by atoms with Crippen molar-refractivity contribution in [3.8, 4) is 0 Å². The van der Waals surface area contributed by atoms with Gasteiger partial charge in [-0.25, -0.2) is 4.99 Å². The minimum absolute atomic E-state index is 0. The van der Waals surface area contributed by atoms with Crippen LogP contribution in [0, 0.1) is 0 Å². The van der Waals surface area contributed by atoms with Crippen molar-refractivity contribution in [3.63, 3.8) is 0 Å². The van der Waals surface area contributed by atoms with E-state index < -0.39 is 0 Å². The molecule has 0 amide bonds. The molecule has 1 saturated heterocycles. The van der Waals surface area contributed by atoms with E-state index in [0.717, 1.165) is 32.1 Å². The molecule has 0 bridgehead atoms. The number of rotatable bonds is 7. The summed E-state index contributed by atoms with van der Waals surface area (Å²) in [6, 6.07) is 13.2. The van der Waals surface area contributed by atoms with Crippen LogP contribution in [0.5, 0.6) is 0 Å². The molecule has 1 atom stereocenters. The molecule has 0 aliphatic carbocycles. The Bertz CT molecular complexity index is 698. The van der Waals surface area contributed by atoms with Gasteiger partial charge in [-0.3, -0.25) is 0 Å². The van der Waals surface area contributed by atoms with Crippen LogP contribution >= 0.6 is 47.1 Å². The van der Waals surface area contributed by atoms with Gasteiger partial charge in [-0.1, -0.05) is 25.1 Å². The third-order valence-electron chi connectivity index (χ3n) is 4.68. The highest BCUT2D eigenvalue weighted by atomic mass is 127. The van der Waals surface area contributed by atoms with Gasteiger partial charge in [-0.15, -0.1) is 35.3 Å². The van der Waals surface area contributed by atoms with Gasteiger partial charge in [0, 0.05) is 54.2 Å². The van der Waals surface area contributed by atoms with Gasteiger partial charge in [-0.05, 0) is 36.1 Å². The van der Waals surface area contributed by atoms with Gasteiger partial charge in [0.25, 0.3) is 0 Å². The van der Waals surface area contributed by atoms with E-state index >= 15 is 0 Å². The van der Waals surface area contributed by atoms with E-state index in [1.165, 1.54) is 27.6 Å². The highest BCUT2D eigenvalue weighted by Crippen LogP contribution is 2.21. The van der Waals surface area contributed by atoms with Gasteiger partial charge < -0.3 is 15.5 Å². The minimum atomic E-state index is 0. The molecule has 3 rings (SSSR count). The molecule has 0 spiro atoms. The zero-order valence-corrected chi connectivity index (χ0v) is 20.7. The molecule has 2 aromatic rings. The Kier molecular flexibility index (Phi) is 10.5. The van der Waals surface area contributed by atoms with Crippen molar-refractivity contribution in [1.82, 2.24) is 10.6 Å². The molecule has 1 aromatic carbocycles. The molecule has 1 fully saturated rings. The van der Waals surface area contributed by atoms with Gasteiger partial charge in [-0.2, -0.15) is 11.8 Å².